The van der Waals surface area contributed by atoms with Crippen molar-refractivity contribution in [3.63, 3.8) is 0 Å². The molecule has 0 atom stereocenters. The van der Waals surface area contributed by atoms with Crippen LogP contribution in [-0.2, 0) is 13.6 Å². The maximum atomic E-state index is 13.7. The summed E-state index contributed by atoms with van der Waals surface area (Å²) < 4.78 is 55.7. The van der Waals surface area contributed by atoms with Crippen LogP contribution in [0.1, 0.15) is 16.1 Å². The minimum atomic E-state index is -1.82. The van der Waals surface area contributed by atoms with Crippen molar-refractivity contribution in [2.75, 3.05) is 5.32 Å². The summed E-state index contributed by atoms with van der Waals surface area (Å²) in [5.74, 6) is -7.34. The number of hydrogen-bond donors (Lipinski definition) is 1. The Morgan fingerprint density at radius 2 is 1.89 bits per heavy atom. The minimum Gasteiger partial charge on any atom is -0.318 e. The van der Waals surface area contributed by atoms with E-state index in [2.05, 4.69) is 15.5 Å². The molecule has 28 heavy (non-hydrogen) atoms. The first-order valence-corrected chi connectivity index (χ1v) is 7.51. The van der Waals surface area contributed by atoms with Gasteiger partial charge in [0.1, 0.15) is 12.0 Å². The van der Waals surface area contributed by atoms with Crippen LogP contribution in [0.15, 0.2) is 24.7 Å². The van der Waals surface area contributed by atoms with Crippen LogP contribution in [0, 0.1) is 33.4 Å². The molecule has 0 saturated heterocycles. The van der Waals surface area contributed by atoms with Gasteiger partial charge in [0.05, 0.1) is 23.4 Å². The number of carbonyl (C=O) groups is 1. The number of nitrogens with zero attached hydrogens (tertiary/aromatic N) is 5. The van der Waals surface area contributed by atoms with Crippen molar-refractivity contribution in [2.24, 2.45) is 7.05 Å². The van der Waals surface area contributed by atoms with Crippen LogP contribution in [0.5, 0.6) is 0 Å². The highest BCUT2D eigenvalue weighted by atomic mass is 19.2. The summed E-state index contributed by atoms with van der Waals surface area (Å²) >= 11 is 0. The second-order valence-electron chi connectivity index (χ2n) is 5.59. The number of anilines is 1. The lowest BCUT2D eigenvalue weighted by Gasteiger charge is -2.07. The molecule has 0 fully saturated rings. The summed E-state index contributed by atoms with van der Waals surface area (Å²) in [4.78, 5) is 22.4. The van der Waals surface area contributed by atoms with Gasteiger partial charge >= 0.3 is 5.69 Å². The van der Waals surface area contributed by atoms with Crippen molar-refractivity contribution in [1.29, 1.82) is 0 Å². The van der Waals surface area contributed by atoms with Gasteiger partial charge in [0.25, 0.3) is 5.91 Å². The van der Waals surface area contributed by atoms with Gasteiger partial charge < -0.3 is 5.32 Å². The van der Waals surface area contributed by atoms with E-state index in [1.54, 1.807) is 0 Å². The van der Waals surface area contributed by atoms with E-state index >= 15 is 0 Å². The summed E-state index contributed by atoms with van der Waals surface area (Å²) in [6.45, 7) is -0.587. The number of aryl methyl sites for hydroxylation is 1. The Labute approximate surface area is 153 Å². The molecule has 1 aromatic carbocycles. The number of nitrogens with one attached hydrogen (secondary N) is 1. The van der Waals surface area contributed by atoms with Gasteiger partial charge in [-0.05, 0) is 0 Å². The Balaban J connectivity index is 1.81. The van der Waals surface area contributed by atoms with E-state index in [9.17, 15) is 32.5 Å². The number of nitro groups is 1. The number of carbonyl (C=O) groups excluding carboxylic acids is 1. The van der Waals surface area contributed by atoms with Crippen LogP contribution < -0.4 is 5.32 Å². The van der Waals surface area contributed by atoms with Crippen LogP contribution in [0.2, 0.25) is 0 Å². The number of benzene rings is 1. The van der Waals surface area contributed by atoms with Gasteiger partial charge in [-0.15, -0.1) is 0 Å². The fourth-order valence-electron chi connectivity index (χ4n) is 2.44. The number of amides is 1. The number of rotatable bonds is 5. The fraction of sp³-hybridized carbons (Fsp3) is 0.133. The first-order valence-electron chi connectivity index (χ1n) is 7.51. The molecule has 3 aromatic rings. The normalized spacial score (nSPS) is 10.9. The van der Waals surface area contributed by atoms with Gasteiger partial charge in [-0.1, -0.05) is 0 Å². The summed E-state index contributed by atoms with van der Waals surface area (Å²) in [6.07, 6.45) is 3.17. The van der Waals surface area contributed by atoms with Crippen LogP contribution in [0.4, 0.5) is 28.9 Å². The average molecular weight is 398 g/mol. The second kappa shape index (κ2) is 7.09. The van der Waals surface area contributed by atoms with E-state index in [0.29, 0.717) is 0 Å². The molecule has 3 rings (SSSR count). The predicted molar refractivity (Wildman–Crippen MR) is 85.4 cm³/mol. The maximum Gasteiger partial charge on any atom is 0.320 e. The molecule has 0 spiro atoms. The molecule has 2 heterocycles. The van der Waals surface area contributed by atoms with Crippen molar-refractivity contribution in [3.05, 3.63) is 69.3 Å². The molecule has 0 aliphatic rings. The Bertz CT molecular complexity index is 1090. The molecule has 0 saturated carbocycles. The highest BCUT2D eigenvalue weighted by molar-refractivity contribution is 6.05. The predicted octanol–water partition coefficient (Wildman–Crippen LogP) is 2.38. The Kier molecular flexibility index (Phi) is 4.81. The molecule has 1 amide bonds. The fourth-order valence-corrected chi connectivity index (χ4v) is 2.44. The molecule has 1 N–H and O–H groups in total. The van der Waals surface area contributed by atoms with Gasteiger partial charge in [-0.3, -0.25) is 24.3 Å². The highest BCUT2D eigenvalue weighted by Crippen LogP contribution is 2.21. The van der Waals surface area contributed by atoms with Crippen molar-refractivity contribution >= 4 is 17.3 Å². The average Bonchev–Trinajstić information content (AvgIpc) is 3.23. The van der Waals surface area contributed by atoms with Crippen molar-refractivity contribution in [1.82, 2.24) is 19.6 Å². The lowest BCUT2D eigenvalue weighted by Crippen LogP contribution is -2.17. The third-order valence-corrected chi connectivity index (χ3v) is 3.75. The first kappa shape index (κ1) is 19.0. The van der Waals surface area contributed by atoms with E-state index in [-0.39, 0.29) is 17.4 Å². The largest absolute Gasteiger partial charge is 0.320 e. The molecule has 146 valence electrons. The summed E-state index contributed by atoms with van der Waals surface area (Å²) in [7, 11) is 1.33. The van der Waals surface area contributed by atoms with Crippen molar-refractivity contribution in [3.8, 4) is 0 Å². The summed E-state index contributed by atoms with van der Waals surface area (Å²) in [5.41, 5.74) is -1.56. The van der Waals surface area contributed by atoms with E-state index in [4.69, 9.17) is 0 Å². The Hall–Kier alpha value is -3.77. The smallest absolute Gasteiger partial charge is 0.318 e. The molecule has 0 radical (unpaired) electrons. The van der Waals surface area contributed by atoms with E-state index < -0.39 is 51.9 Å². The van der Waals surface area contributed by atoms with Gasteiger partial charge in [0.2, 0.25) is 5.69 Å². The molecular weight excluding hydrogens is 388 g/mol. The zero-order chi connectivity index (χ0) is 20.6. The monoisotopic (exact) mass is 398 g/mol. The molecule has 0 aliphatic heterocycles. The molecule has 0 bridgehead atoms. The van der Waals surface area contributed by atoms with Crippen LogP contribution in [0.3, 0.4) is 0 Å². The third-order valence-electron chi connectivity index (χ3n) is 3.75. The molecule has 2 aromatic heterocycles. The SMILES string of the molecule is Cn1ncc([N+](=O)[O-])c1C(=O)Nc1cnn(Cc2c(F)cc(F)c(F)c2F)c1. The van der Waals surface area contributed by atoms with Crippen LogP contribution in [-0.4, -0.2) is 30.4 Å². The van der Waals surface area contributed by atoms with E-state index in [0.717, 1.165) is 28.0 Å². The van der Waals surface area contributed by atoms with Gasteiger partial charge in [0, 0.05) is 24.9 Å². The number of aromatic nitrogens is 4. The molecule has 0 unspecified atom stereocenters. The highest BCUT2D eigenvalue weighted by Gasteiger charge is 2.26. The maximum absolute atomic E-state index is 13.7. The third kappa shape index (κ3) is 3.41. The number of halogens is 4. The zero-order valence-electron chi connectivity index (χ0n) is 14.0. The molecule has 0 aliphatic carbocycles. The Morgan fingerprint density at radius 3 is 2.57 bits per heavy atom. The van der Waals surface area contributed by atoms with Crippen LogP contribution in [0.25, 0.3) is 0 Å². The van der Waals surface area contributed by atoms with Gasteiger partial charge in [0.15, 0.2) is 17.5 Å². The lowest BCUT2D eigenvalue weighted by atomic mass is 10.2. The summed E-state index contributed by atoms with van der Waals surface area (Å²) in [5, 5.41) is 20.7. The minimum absolute atomic E-state index is 0.0453. The molecule has 13 heteroatoms. The molecule has 9 nitrogen and oxygen atoms in total. The van der Waals surface area contributed by atoms with Gasteiger partial charge in [-0.25, -0.2) is 17.6 Å². The second-order valence-corrected chi connectivity index (χ2v) is 5.59. The Morgan fingerprint density at radius 1 is 1.18 bits per heavy atom. The van der Waals surface area contributed by atoms with Crippen molar-refractivity contribution in [2.45, 2.75) is 6.54 Å². The van der Waals surface area contributed by atoms with Crippen molar-refractivity contribution < 1.29 is 27.3 Å². The first-order chi connectivity index (χ1) is 13.2. The summed E-state index contributed by atoms with van der Waals surface area (Å²) in [6, 6.07) is 0.210. The molecular formula is C15H10F4N6O3. The quantitative estimate of drug-likeness (QED) is 0.233. The van der Waals surface area contributed by atoms with Gasteiger partial charge in [-0.2, -0.15) is 10.2 Å². The topological polar surface area (TPSA) is 108 Å². The van der Waals surface area contributed by atoms with E-state index in [1.807, 2.05) is 0 Å². The lowest BCUT2D eigenvalue weighted by molar-refractivity contribution is -0.385. The standard InChI is InChI=1S/C15H10F4N6O3/c1-23-14(11(4-20-23)25(27)28)15(26)22-7-3-21-24(5-7)6-8-9(16)2-10(17)13(19)12(8)18/h2-5H,6H2,1H3,(H,22,26). The van der Waals surface area contributed by atoms with E-state index in [1.165, 1.54) is 7.05 Å². The zero-order valence-corrected chi connectivity index (χ0v) is 14.0. The van der Waals surface area contributed by atoms with Crippen LogP contribution >= 0.6 is 0 Å². The number of hydrogen-bond acceptors (Lipinski definition) is 5.